The van der Waals surface area contributed by atoms with Gasteiger partial charge in [-0.15, -0.1) is 0 Å². The van der Waals surface area contributed by atoms with Gasteiger partial charge in [0, 0.05) is 30.9 Å². The summed E-state index contributed by atoms with van der Waals surface area (Å²) in [5.41, 5.74) is -2.63. The Morgan fingerprint density at radius 1 is 0.650 bits per heavy atom. The van der Waals surface area contributed by atoms with Gasteiger partial charge in [-0.05, 0) is 6.92 Å². The Morgan fingerprint density at radius 3 is 1.10 bits per heavy atom. The highest BCUT2D eigenvalue weighted by atomic mass is 16.6. The molecule has 0 amide bonds. The van der Waals surface area contributed by atoms with Crippen molar-refractivity contribution >= 4 is 23.9 Å². The van der Waals surface area contributed by atoms with Gasteiger partial charge in [0.25, 0.3) is 0 Å². The van der Waals surface area contributed by atoms with E-state index >= 15 is 0 Å². The Labute approximate surface area is 231 Å². The second kappa shape index (κ2) is 30.1. The highest BCUT2D eigenvalue weighted by Gasteiger charge is 2.39. The summed E-state index contributed by atoms with van der Waals surface area (Å²) in [5, 5.41) is 86.3. The van der Waals surface area contributed by atoms with Gasteiger partial charge in [0.2, 0.25) is 0 Å². The molecule has 0 rings (SSSR count). The summed E-state index contributed by atoms with van der Waals surface area (Å²) >= 11 is 0. The van der Waals surface area contributed by atoms with Crippen molar-refractivity contribution in [3.8, 4) is 0 Å². The van der Waals surface area contributed by atoms with Crippen LogP contribution in [0.4, 0.5) is 0 Å². The zero-order valence-corrected chi connectivity index (χ0v) is 22.3. The minimum absolute atomic E-state index is 0.191. The van der Waals surface area contributed by atoms with Gasteiger partial charge >= 0.3 is 23.9 Å². The molecule has 0 spiro atoms. The predicted octanol–water partition coefficient (Wildman–Crippen LogP) is -1.68. The molecule has 0 heterocycles. The molecule has 0 aromatic carbocycles. The highest BCUT2D eigenvalue weighted by molar-refractivity contribution is 5.79. The lowest BCUT2D eigenvalue weighted by molar-refractivity contribution is -0.219. The largest absolute Gasteiger partial charge is 0.478 e. The van der Waals surface area contributed by atoms with Crippen molar-refractivity contribution in [3.63, 3.8) is 0 Å². The molecule has 16 heteroatoms. The van der Waals surface area contributed by atoms with Crippen molar-refractivity contribution in [2.45, 2.75) is 13.2 Å². The molecule has 234 valence electrons. The molecule has 0 aliphatic carbocycles. The van der Waals surface area contributed by atoms with E-state index < -0.39 is 74.0 Å². The summed E-state index contributed by atoms with van der Waals surface area (Å²) in [6.45, 7) is 10.6. The molecule has 0 aliphatic rings. The lowest BCUT2D eigenvalue weighted by Crippen LogP contribution is -2.48. The van der Waals surface area contributed by atoms with Crippen molar-refractivity contribution in [1.82, 2.24) is 0 Å². The molecule has 0 aromatic rings. The lowest BCUT2D eigenvalue weighted by atomic mass is 9.89. The summed E-state index contributed by atoms with van der Waals surface area (Å²) in [7, 11) is 0. The molecule has 1 unspecified atom stereocenters. The lowest BCUT2D eigenvalue weighted by Gasteiger charge is -2.35. The van der Waals surface area contributed by atoms with Gasteiger partial charge in [-0.25, -0.2) is 19.2 Å². The van der Waals surface area contributed by atoms with Crippen LogP contribution in [0.15, 0.2) is 50.6 Å². The average Bonchev–Trinajstić information content (AvgIpc) is 2.95. The number of rotatable bonds is 16. The molecule has 10 N–H and O–H groups in total. The predicted molar refractivity (Wildman–Crippen MR) is 140 cm³/mol. The van der Waals surface area contributed by atoms with Crippen LogP contribution in [0.5, 0.6) is 0 Å². The fourth-order valence-electron chi connectivity index (χ4n) is 1.46. The second-order valence-corrected chi connectivity index (χ2v) is 7.12. The number of aliphatic hydroxyl groups excluding tert-OH is 6. The minimum Gasteiger partial charge on any atom is -0.478 e. The Bertz CT molecular complexity index is 646. The summed E-state index contributed by atoms with van der Waals surface area (Å²) < 4.78 is 10.2. The van der Waals surface area contributed by atoms with Crippen LogP contribution >= 0.6 is 0 Å². The van der Waals surface area contributed by atoms with Gasteiger partial charge in [0.1, 0.15) is 0 Å². The molecule has 40 heavy (non-hydrogen) atoms. The molecule has 0 bridgehead atoms. The zero-order chi connectivity index (χ0) is 32.8. The van der Waals surface area contributed by atoms with Crippen LogP contribution in [0.25, 0.3) is 0 Å². The smallest absolute Gasteiger partial charge is 0.327 e. The maximum Gasteiger partial charge on any atom is 0.327 e. The van der Waals surface area contributed by atoms with Crippen LogP contribution in [-0.2, 0) is 28.7 Å². The van der Waals surface area contributed by atoms with E-state index in [4.69, 9.17) is 45.2 Å². The molecule has 16 nitrogen and oxygen atoms in total. The van der Waals surface area contributed by atoms with Crippen molar-refractivity contribution in [3.05, 3.63) is 50.6 Å². The van der Waals surface area contributed by atoms with E-state index in [1.807, 2.05) is 0 Å². The first kappa shape index (κ1) is 46.4. The van der Waals surface area contributed by atoms with E-state index in [2.05, 4.69) is 26.3 Å². The van der Waals surface area contributed by atoms with Gasteiger partial charge in [0.15, 0.2) is 6.29 Å². The van der Waals surface area contributed by atoms with E-state index in [9.17, 15) is 34.5 Å². The van der Waals surface area contributed by atoms with Gasteiger partial charge in [-0.2, -0.15) is 0 Å². The Kier molecular flexibility index (Phi) is 34.9. The third-order valence-electron chi connectivity index (χ3n) is 3.98. The summed E-state index contributed by atoms with van der Waals surface area (Å²) in [5.74, 6) is -3.93. The van der Waals surface area contributed by atoms with Gasteiger partial charge in [-0.1, -0.05) is 26.3 Å². The van der Waals surface area contributed by atoms with E-state index in [0.29, 0.717) is 0 Å². The Hall–Kier alpha value is -3.48. The van der Waals surface area contributed by atoms with Crippen LogP contribution < -0.4 is 0 Å². The number of carbonyl (C=O) groups is 4. The van der Waals surface area contributed by atoms with Crippen LogP contribution in [0, 0.1) is 10.8 Å². The molecule has 0 saturated carbocycles. The van der Waals surface area contributed by atoms with E-state index in [0.717, 1.165) is 24.3 Å². The fourth-order valence-corrected chi connectivity index (χ4v) is 1.46. The topological polar surface area (TPSA) is 289 Å². The standard InChI is InChI=1S/C12H26O8.4C3H4O2/c1-2-20-10(18)12(6-16,7-17)9-19-8-11(3-13,4-14)5-15;4*1-2-3(4)5/h10,13-18H,2-9H2,1H3;4*2H,1H2,(H,4,5). The maximum absolute atomic E-state index is 9.79. The number of carboxylic acid groups (broad SMARTS) is 4. The monoisotopic (exact) mass is 586 g/mol. The van der Waals surface area contributed by atoms with Gasteiger partial charge in [0.05, 0.1) is 57.1 Å². The Morgan fingerprint density at radius 2 is 0.925 bits per heavy atom. The highest BCUT2D eigenvalue weighted by Crippen LogP contribution is 2.24. The van der Waals surface area contributed by atoms with Crippen molar-refractivity contribution in [2.75, 3.05) is 52.9 Å². The second-order valence-electron chi connectivity index (χ2n) is 7.12. The SMILES string of the molecule is C=CC(=O)O.C=CC(=O)O.C=CC(=O)O.C=CC(=O)O.CCOC(O)C(CO)(CO)COCC(CO)(CO)CO. The van der Waals surface area contributed by atoms with Crippen LogP contribution in [0.3, 0.4) is 0 Å². The molecule has 1 atom stereocenters. The number of aliphatic carboxylic acids is 4. The van der Waals surface area contributed by atoms with Gasteiger partial charge < -0.3 is 60.5 Å². The third kappa shape index (κ3) is 29.1. The maximum atomic E-state index is 9.79. The first-order valence-corrected chi connectivity index (χ1v) is 10.9. The van der Waals surface area contributed by atoms with Crippen molar-refractivity contribution in [1.29, 1.82) is 0 Å². The third-order valence-corrected chi connectivity index (χ3v) is 3.98. The molecule has 0 fully saturated rings. The summed E-state index contributed by atoms with van der Waals surface area (Å²) in [6.07, 6.45) is 1.91. The number of carboxylic acids is 4. The number of aliphatic hydroxyl groups is 6. The summed E-state index contributed by atoms with van der Waals surface area (Å²) in [4.78, 5) is 37.0. The van der Waals surface area contributed by atoms with Crippen LogP contribution in [-0.4, -0.2) is 134 Å². The first-order chi connectivity index (χ1) is 18.6. The van der Waals surface area contributed by atoms with E-state index in [-0.39, 0.29) is 19.8 Å². The first-order valence-electron chi connectivity index (χ1n) is 10.9. The molecule has 0 radical (unpaired) electrons. The fraction of sp³-hybridized carbons (Fsp3) is 0.500. The van der Waals surface area contributed by atoms with Crippen molar-refractivity contribution in [2.24, 2.45) is 10.8 Å². The minimum atomic E-state index is -1.42. The number of hydrogen-bond acceptors (Lipinski definition) is 12. The zero-order valence-electron chi connectivity index (χ0n) is 22.3. The molecule has 0 saturated heterocycles. The van der Waals surface area contributed by atoms with Gasteiger partial charge in [-0.3, -0.25) is 0 Å². The number of ether oxygens (including phenoxy) is 2. The number of hydrogen-bond donors (Lipinski definition) is 10. The van der Waals surface area contributed by atoms with Crippen LogP contribution in [0.2, 0.25) is 0 Å². The normalized spacial score (nSPS) is 10.5. The molecular weight excluding hydrogens is 544 g/mol. The average molecular weight is 587 g/mol. The van der Waals surface area contributed by atoms with E-state index in [1.165, 1.54) is 0 Å². The summed E-state index contributed by atoms with van der Waals surface area (Å²) in [6, 6.07) is 0. The van der Waals surface area contributed by atoms with E-state index in [1.54, 1.807) is 6.92 Å². The van der Waals surface area contributed by atoms with Crippen molar-refractivity contribution < 1.29 is 79.7 Å². The Balaban J connectivity index is -0.000000164. The molecule has 0 aromatic heterocycles. The van der Waals surface area contributed by atoms with Crippen LogP contribution in [0.1, 0.15) is 6.92 Å². The quantitative estimate of drug-likeness (QED) is 0.0713. The molecule has 0 aliphatic heterocycles. The molecular formula is C24H42O16.